The average molecular weight is 337 g/mol. The molecule has 0 unspecified atom stereocenters. The molecule has 1 fully saturated rings. The second-order valence-corrected chi connectivity index (χ2v) is 6.45. The van der Waals surface area contributed by atoms with Gasteiger partial charge in [0.15, 0.2) is 0 Å². The number of hydrogen-bond acceptors (Lipinski definition) is 3. The molecule has 0 spiro atoms. The molecule has 0 aliphatic carbocycles. The number of benzene rings is 2. The van der Waals surface area contributed by atoms with Gasteiger partial charge < -0.3 is 9.64 Å². The molecule has 3 rings (SSSR count). The molecule has 0 aromatic heterocycles. The van der Waals surface area contributed by atoms with E-state index < -0.39 is 5.92 Å². The Balaban J connectivity index is 1.64. The highest BCUT2D eigenvalue weighted by molar-refractivity contribution is 5.87. The number of carbonyl (C=O) groups excluding carboxylic acids is 2. The Morgan fingerprint density at radius 3 is 2.48 bits per heavy atom. The highest BCUT2D eigenvalue weighted by Gasteiger charge is 2.38. The summed E-state index contributed by atoms with van der Waals surface area (Å²) in [5, 5.41) is 0. The number of likely N-dealkylation sites (tertiary alicyclic amines) is 1. The fourth-order valence-corrected chi connectivity index (χ4v) is 3.17. The third kappa shape index (κ3) is 3.90. The first-order chi connectivity index (χ1) is 12.1. The van der Waals surface area contributed by atoms with Gasteiger partial charge in [0.25, 0.3) is 0 Å². The number of nitrogens with zero attached hydrogens (tertiary/aromatic N) is 1. The number of amides is 1. The largest absolute Gasteiger partial charge is 0.426 e. The van der Waals surface area contributed by atoms with E-state index in [0.717, 1.165) is 12.0 Å². The van der Waals surface area contributed by atoms with Crippen molar-refractivity contribution in [2.24, 2.45) is 5.92 Å². The maximum Gasteiger partial charge on any atom is 0.316 e. The third-order valence-corrected chi connectivity index (χ3v) is 4.79. The first kappa shape index (κ1) is 17.2. The smallest absolute Gasteiger partial charge is 0.316 e. The van der Waals surface area contributed by atoms with Crippen LogP contribution >= 0.6 is 0 Å². The van der Waals surface area contributed by atoms with E-state index in [4.69, 9.17) is 4.74 Å². The molecule has 1 aliphatic heterocycles. The number of hydrogen-bond donors (Lipinski definition) is 0. The molecule has 0 N–H and O–H groups in total. The first-order valence-corrected chi connectivity index (χ1v) is 8.73. The zero-order valence-electron chi connectivity index (χ0n) is 14.6. The standard InChI is InChI=1S/C21H23NO3/c1-3-16-9-11-19(12-10-16)25-21(24)18-13-20(23)22(14-18)15(2)17-7-5-4-6-8-17/h4-12,15,18H,3,13-14H2,1-2H3/t15-,18-/m0/s1. The summed E-state index contributed by atoms with van der Waals surface area (Å²) in [4.78, 5) is 26.5. The van der Waals surface area contributed by atoms with Crippen LogP contribution in [0.1, 0.15) is 37.4 Å². The van der Waals surface area contributed by atoms with Gasteiger partial charge in [0, 0.05) is 13.0 Å². The van der Waals surface area contributed by atoms with Gasteiger partial charge in [-0.3, -0.25) is 9.59 Å². The van der Waals surface area contributed by atoms with Crippen molar-refractivity contribution in [2.45, 2.75) is 32.7 Å². The van der Waals surface area contributed by atoms with Crippen LogP contribution in [0.2, 0.25) is 0 Å². The molecule has 1 saturated heterocycles. The van der Waals surface area contributed by atoms with E-state index in [2.05, 4.69) is 6.92 Å². The van der Waals surface area contributed by atoms with Crippen LogP contribution in [0.25, 0.3) is 0 Å². The minimum absolute atomic E-state index is 0.000339. The Hall–Kier alpha value is -2.62. The van der Waals surface area contributed by atoms with Gasteiger partial charge in [-0.1, -0.05) is 49.4 Å². The Bertz CT molecular complexity index is 739. The fourth-order valence-electron chi connectivity index (χ4n) is 3.17. The molecule has 0 radical (unpaired) electrons. The lowest BCUT2D eigenvalue weighted by molar-refractivity contribution is -0.139. The SMILES string of the molecule is CCc1ccc(OC(=O)[C@H]2CC(=O)N([C@@H](C)c3ccccc3)C2)cc1. The minimum atomic E-state index is -0.412. The van der Waals surface area contributed by atoms with Crippen LogP contribution in [0, 0.1) is 5.92 Å². The summed E-state index contributed by atoms with van der Waals surface area (Å²) in [6.45, 7) is 4.47. The summed E-state index contributed by atoms with van der Waals surface area (Å²) >= 11 is 0. The van der Waals surface area contributed by atoms with Crippen LogP contribution in [0.5, 0.6) is 5.75 Å². The van der Waals surface area contributed by atoms with E-state index in [0.29, 0.717) is 12.3 Å². The molecule has 2 atom stereocenters. The molecule has 0 saturated carbocycles. The lowest BCUT2D eigenvalue weighted by atomic mass is 10.1. The topological polar surface area (TPSA) is 46.6 Å². The van der Waals surface area contributed by atoms with Crippen LogP contribution in [0.15, 0.2) is 54.6 Å². The molecule has 1 heterocycles. The van der Waals surface area contributed by atoms with Crippen molar-refractivity contribution in [3.05, 3.63) is 65.7 Å². The Morgan fingerprint density at radius 2 is 1.84 bits per heavy atom. The van der Waals surface area contributed by atoms with E-state index in [9.17, 15) is 9.59 Å². The number of aryl methyl sites for hydroxylation is 1. The molecular formula is C21H23NO3. The van der Waals surface area contributed by atoms with Gasteiger partial charge >= 0.3 is 5.97 Å². The quantitative estimate of drug-likeness (QED) is 0.616. The van der Waals surface area contributed by atoms with Crippen LogP contribution in [0.4, 0.5) is 0 Å². The van der Waals surface area contributed by atoms with Crippen molar-refractivity contribution in [1.29, 1.82) is 0 Å². The van der Waals surface area contributed by atoms with E-state index in [-0.39, 0.29) is 24.3 Å². The molecular weight excluding hydrogens is 314 g/mol. The second-order valence-electron chi connectivity index (χ2n) is 6.45. The molecule has 4 heteroatoms. The first-order valence-electron chi connectivity index (χ1n) is 8.73. The lowest BCUT2D eigenvalue weighted by Gasteiger charge is -2.25. The van der Waals surface area contributed by atoms with Gasteiger partial charge in [0.2, 0.25) is 5.91 Å². The number of esters is 1. The van der Waals surface area contributed by atoms with Crippen molar-refractivity contribution in [3.8, 4) is 5.75 Å². The maximum atomic E-state index is 12.4. The van der Waals surface area contributed by atoms with E-state index in [1.165, 1.54) is 5.56 Å². The van der Waals surface area contributed by atoms with E-state index >= 15 is 0 Å². The van der Waals surface area contributed by atoms with Crippen molar-refractivity contribution in [3.63, 3.8) is 0 Å². The zero-order chi connectivity index (χ0) is 17.8. The summed E-state index contributed by atoms with van der Waals surface area (Å²) in [6.07, 6.45) is 1.15. The predicted molar refractivity (Wildman–Crippen MR) is 96.1 cm³/mol. The van der Waals surface area contributed by atoms with Gasteiger partial charge in [0.1, 0.15) is 5.75 Å². The van der Waals surface area contributed by atoms with Crippen LogP contribution in [-0.2, 0) is 16.0 Å². The van der Waals surface area contributed by atoms with Crippen molar-refractivity contribution < 1.29 is 14.3 Å². The van der Waals surface area contributed by atoms with Gasteiger partial charge in [-0.05, 0) is 36.6 Å². The second kappa shape index (κ2) is 7.51. The molecule has 1 amide bonds. The summed E-state index contributed by atoms with van der Waals surface area (Å²) in [5.41, 5.74) is 2.26. The molecule has 130 valence electrons. The summed E-state index contributed by atoms with van der Waals surface area (Å²) in [5.74, 6) is -0.214. The molecule has 2 aromatic carbocycles. The number of ether oxygens (including phenoxy) is 1. The number of rotatable bonds is 5. The summed E-state index contributed by atoms with van der Waals surface area (Å²) in [6, 6.07) is 17.3. The minimum Gasteiger partial charge on any atom is -0.426 e. The van der Waals surface area contributed by atoms with Gasteiger partial charge in [-0.25, -0.2) is 0 Å². The molecule has 0 bridgehead atoms. The molecule has 1 aliphatic rings. The van der Waals surface area contributed by atoms with E-state index in [1.807, 2.05) is 49.4 Å². The van der Waals surface area contributed by atoms with Crippen molar-refractivity contribution in [2.75, 3.05) is 6.54 Å². The summed E-state index contributed by atoms with van der Waals surface area (Å²) < 4.78 is 5.46. The Morgan fingerprint density at radius 1 is 1.16 bits per heavy atom. The average Bonchev–Trinajstić information content (AvgIpc) is 3.04. The molecule has 25 heavy (non-hydrogen) atoms. The summed E-state index contributed by atoms with van der Waals surface area (Å²) in [7, 11) is 0. The van der Waals surface area contributed by atoms with Crippen molar-refractivity contribution >= 4 is 11.9 Å². The van der Waals surface area contributed by atoms with Crippen molar-refractivity contribution in [1.82, 2.24) is 4.90 Å². The lowest BCUT2D eigenvalue weighted by Crippen LogP contribution is -2.30. The van der Waals surface area contributed by atoms with Crippen LogP contribution in [-0.4, -0.2) is 23.3 Å². The maximum absolute atomic E-state index is 12.4. The van der Waals surface area contributed by atoms with E-state index in [1.54, 1.807) is 17.0 Å². The predicted octanol–water partition coefficient (Wildman–Crippen LogP) is 3.76. The Labute approximate surface area is 148 Å². The van der Waals surface area contributed by atoms with Gasteiger partial charge in [-0.15, -0.1) is 0 Å². The zero-order valence-corrected chi connectivity index (χ0v) is 14.6. The molecule has 4 nitrogen and oxygen atoms in total. The normalized spacial score (nSPS) is 18.2. The third-order valence-electron chi connectivity index (χ3n) is 4.79. The van der Waals surface area contributed by atoms with Crippen LogP contribution in [0.3, 0.4) is 0 Å². The Kier molecular flexibility index (Phi) is 5.17. The number of carbonyl (C=O) groups is 2. The van der Waals surface area contributed by atoms with Gasteiger partial charge in [0.05, 0.1) is 12.0 Å². The highest BCUT2D eigenvalue weighted by atomic mass is 16.5. The van der Waals surface area contributed by atoms with Gasteiger partial charge in [-0.2, -0.15) is 0 Å². The highest BCUT2D eigenvalue weighted by Crippen LogP contribution is 2.29. The monoisotopic (exact) mass is 337 g/mol. The molecule has 2 aromatic rings. The van der Waals surface area contributed by atoms with Crippen LogP contribution < -0.4 is 4.74 Å². The fraction of sp³-hybridized carbons (Fsp3) is 0.333.